The van der Waals surface area contributed by atoms with Crippen molar-refractivity contribution in [3.63, 3.8) is 0 Å². The van der Waals surface area contributed by atoms with Crippen molar-refractivity contribution in [1.29, 1.82) is 0 Å². The Morgan fingerprint density at radius 2 is 2.29 bits per heavy atom. The summed E-state index contributed by atoms with van der Waals surface area (Å²) in [6.07, 6.45) is -0.794. The number of halogens is 1. The molecule has 0 aliphatic carbocycles. The molecule has 0 saturated carbocycles. The van der Waals surface area contributed by atoms with Crippen LogP contribution in [0.15, 0.2) is 18.2 Å². The number of amides is 1. The summed E-state index contributed by atoms with van der Waals surface area (Å²) in [5.74, 6) is -1.11. The molecule has 0 radical (unpaired) electrons. The van der Waals surface area contributed by atoms with Gasteiger partial charge in [0.1, 0.15) is 5.82 Å². The van der Waals surface area contributed by atoms with Crippen molar-refractivity contribution in [3.05, 3.63) is 35.1 Å². The summed E-state index contributed by atoms with van der Waals surface area (Å²) in [6, 6.07) is 4.37. The second kappa shape index (κ2) is 6.32. The number of nitrogens with one attached hydrogen (secondary N) is 1. The third-order valence-electron chi connectivity index (χ3n) is 2.23. The zero-order valence-corrected chi connectivity index (χ0v) is 9.87. The average molecular weight is 241 g/mol. The third-order valence-corrected chi connectivity index (χ3v) is 2.23. The van der Waals surface area contributed by atoms with Crippen LogP contribution in [0, 0.1) is 12.7 Å². The predicted octanol–water partition coefficient (Wildman–Crippen LogP) is 0.871. The van der Waals surface area contributed by atoms with Gasteiger partial charge in [-0.25, -0.2) is 4.39 Å². The molecule has 0 heterocycles. The van der Waals surface area contributed by atoms with Crippen LogP contribution >= 0.6 is 0 Å². The van der Waals surface area contributed by atoms with Crippen LogP contribution in [0.3, 0.4) is 0 Å². The van der Waals surface area contributed by atoms with Crippen LogP contribution in [0.1, 0.15) is 15.9 Å². The average Bonchev–Trinajstić information content (AvgIpc) is 2.26. The third kappa shape index (κ3) is 4.13. The topological polar surface area (TPSA) is 58.6 Å². The quantitative estimate of drug-likeness (QED) is 0.804. The zero-order valence-electron chi connectivity index (χ0n) is 9.87. The van der Waals surface area contributed by atoms with Crippen LogP contribution in [0.2, 0.25) is 0 Å². The minimum absolute atomic E-state index is 0.0276. The van der Waals surface area contributed by atoms with Crippen molar-refractivity contribution >= 4 is 5.91 Å². The minimum atomic E-state index is -0.794. The standard InChI is InChI=1S/C12H16FNO3/c1-8-3-4-10(11(13)5-8)12(16)14-6-9(15)7-17-2/h3-5,9,15H,6-7H2,1-2H3,(H,14,16). The molecule has 1 aromatic rings. The van der Waals surface area contributed by atoms with Gasteiger partial charge in [-0.3, -0.25) is 4.79 Å². The number of methoxy groups -OCH3 is 1. The van der Waals surface area contributed by atoms with Gasteiger partial charge in [-0.1, -0.05) is 6.07 Å². The van der Waals surface area contributed by atoms with E-state index in [0.29, 0.717) is 0 Å². The number of carbonyl (C=O) groups excluding carboxylic acids is 1. The molecule has 0 spiro atoms. The number of aliphatic hydroxyl groups is 1. The predicted molar refractivity (Wildman–Crippen MR) is 61.4 cm³/mol. The fourth-order valence-electron chi connectivity index (χ4n) is 1.36. The van der Waals surface area contributed by atoms with Crippen LogP contribution in [-0.4, -0.2) is 37.4 Å². The van der Waals surface area contributed by atoms with Crippen LogP contribution in [0.25, 0.3) is 0 Å². The first-order chi connectivity index (χ1) is 8.04. The maximum Gasteiger partial charge on any atom is 0.254 e. The summed E-state index contributed by atoms with van der Waals surface area (Å²) in [6.45, 7) is 1.89. The van der Waals surface area contributed by atoms with Gasteiger partial charge in [0, 0.05) is 13.7 Å². The Balaban J connectivity index is 2.58. The second-order valence-corrected chi connectivity index (χ2v) is 3.80. The molecule has 1 atom stereocenters. The molecule has 0 aromatic heterocycles. The highest BCUT2D eigenvalue weighted by Crippen LogP contribution is 2.09. The van der Waals surface area contributed by atoms with Gasteiger partial charge in [-0.2, -0.15) is 0 Å². The number of rotatable bonds is 5. The van der Waals surface area contributed by atoms with E-state index in [9.17, 15) is 14.3 Å². The fourth-order valence-corrected chi connectivity index (χ4v) is 1.36. The normalized spacial score (nSPS) is 12.2. The van der Waals surface area contributed by atoms with E-state index in [1.807, 2.05) is 0 Å². The van der Waals surface area contributed by atoms with Gasteiger partial charge < -0.3 is 15.2 Å². The molecular weight excluding hydrogens is 225 g/mol. The second-order valence-electron chi connectivity index (χ2n) is 3.80. The molecule has 0 aliphatic heterocycles. The monoisotopic (exact) mass is 241 g/mol. The van der Waals surface area contributed by atoms with Gasteiger partial charge in [0.25, 0.3) is 5.91 Å². The SMILES string of the molecule is COCC(O)CNC(=O)c1ccc(C)cc1F. The molecular formula is C12H16FNO3. The number of hydrogen-bond acceptors (Lipinski definition) is 3. The van der Waals surface area contributed by atoms with E-state index < -0.39 is 17.8 Å². The number of aryl methyl sites for hydroxylation is 1. The van der Waals surface area contributed by atoms with Crippen molar-refractivity contribution in [1.82, 2.24) is 5.32 Å². The van der Waals surface area contributed by atoms with E-state index in [2.05, 4.69) is 5.32 Å². The van der Waals surface area contributed by atoms with Gasteiger partial charge in [0.2, 0.25) is 0 Å². The molecule has 1 amide bonds. The summed E-state index contributed by atoms with van der Waals surface area (Å²) >= 11 is 0. The number of benzene rings is 1. The molecule has 0 saturated heterocycles. The van der Waals surface area contributed by atoms with E-state index in [1.165, 1.54) is 19.2 Å². The highest BCUT2D eigenvalue weighted by Gasteiger charge is 2.12. The Morgan fingerprint density at radius 3 is 2.88 bits per heavy atom. The van der Waals surface area contributed by atoms with E-state index in [-0.39, 0.29) is 18.7 Å². The van der Waals surface area contributed by atoms with Gasteiger partial charge in [-0.05, 0) is 24.6 Å². The lowest BCUT2D eigenvalue weighted by molar-refractivity contribution is 0.0609. The lowest BCUT2D eigenvalue weighted by Gasteiger charge is -2.11. The molecule has 5 heteroatoms. The highest BCUT2D eigenvalue weighted by atomic mass is 19.1. The molecule has 94 valence electrons. The molecule has 0 aliphatic rings. The van der Waals surface area contributed by atoms with E-state index in [0.717, 1.165) is 5.56 Å². The van der Waals surface area contributed by atoms with E-state index in [1.54, 1.807) is 13.0 Å². The first kappa shape index (κ1) is 13.6. The van der Waals surface area contributed by atoms with Crippen molar-refractivity contribution in [2.45, 2.75) is 13.0 Å². The molecule has 0 fully saturated rings. The van der Waals surface area contributed by atoms with Crippen LogP contribution in [0.5, 0.6) is 0 Å². The van der Waals surface area contributed by atoms with E-state index >= 15 is 0 Å². The largest absolute Gasteiger partial charge is 0.389 e. The minimum Gasteiger partial charge on any atom is -0.389 e. The van der Waals surface area contributed by atoms with Crippen LogP contribution < -0.4 is 5.32 Å². The number of hydrogen-bond donors (Lipinski definition) is 2. The lowest BCUT2D eigenvalue weighted by Crippen LogP contribution is -2.34. The highest BCUT2D eigenvalue weighted by molar-refractivity contribution is 5.94. The van der Waals surface area contributed by atoms with Crippen LogP contribution in [0.4, 0.5) is 4.39 Å². The van der Waals surface area contributed by atoms with Crippen molar-refractivity contribution in [2.75, 3.05) is 20.3 Å². The summed E-state index contributed by atoms with van der Waals surface area (Å²) in [5, 5.41) is 11.8. The molecule has 2 N–H and O–H groups in total. The summed E-state index contributed by atoms with van der Waals surface area (Å²) in [4.78, 5) is 11.6. The van der Waals surface area contributed by atoms with Gasteiger partial charge >= 0.3 is 0 Å². The fraction of sp³-hybridized carbons (Fsp3) is 0.417. The lowest BCUT2D eigenvalue weighted by atomic mass is 10.1. The van der Waals surface area contributed by atoms with Gasteiger partial charge in [-0.15, -0.1) is 0 Å². The Kier molecular flexibility index (Phi) is 5.06. The number of aliphatic hydroxyl groups excluding tert-OH is 1. The summed E-state index contributed by atoms with van der Waals surface area (Å²) in [5.41, 5.74) is 0.721. The van der Waals surface area contributed by atoms with Crippen molar-refractivity contribution in [3.8, 4) is 0 Å². The van der Waals surface area contributed by atoms with Crippen molar-refractivity contribution in [2.24, 2.45) is 0 Å². The Bertz CT molecular complexity index is 395. The van der Waals surface area contributed by atoms with Gasteiger partial charge in [0.05, 0.1) is 18.3 Å². The first-order valence-corrected chi connectivity index (χ1v) is 5.26. The molecule has 4 nitrogen and oxygen atoms in total. The molecule has 0 bridgehead atoms. The van der Waals surface area contributed by atoms with Crippen molar-refractivity contribution < 1.29 is 19.0 Å². The Morgan fingerprint density at radius 1 is 1.59 bits per heavy atom. The zero-order chi connectivity index (χ0) is 12.8. The van der Waals surface area contributed by atoms with Crippen LogP contribution in [-0.2, 0) is 4.74 Å². The van der Waals surface area contributed by atoms with Gasteiger partial charge in [0.15, 0.2) is 0 Å². The summed E-state index contributed by atoms with van der Waals surface area (Å²) in [7, 11) is 1.45. The molecule has 1 unspecified atom stereocenters. The smallest absolute Gasteiger partial charge is 0.254 e. The molecule has 1 rings (SSSR count). The maximum atomic E-state index is 13.4. The molecule has 1 aromatic carbocycles. The first-order valence-electron chi connectivity index (χ1n) is 5.26. The maximum absolute atomic E-state index is 13.4. The Labute approximate surface area is 99.4 Å². The molecule has 17 heavy (non-hydrogen) atoms. The summed E-state index contributed by atoms with van der Waals surface area (Å²) < 4.78 is 18.1. The Hall–Kier alpha value is -1.46. The number of ether oxygens (including phenoxy) is 1. The van der Waals surface area contributed by atoms with E-state index in [4.69, 9.17) is 4.74 Å². The number of carbonyl (C=O) groups is 1.